The molecular formula is C17H19N5O2. The summed E-state index contributed by atoms with van der Waals surface area (Å²) in [7, 11) is 2.12. The fourth-order valence-electron chi connectivity index (χ4n) is 3.61. The smallest absolute Gasteiger partial charge is 0.327 e. The maximum Gasteiger partial charge on any atom is 0.327 e. The third kappa shape index (κ3) is 2.36. The molecule has 3 aromatic rings. The highest BCUT2D eigenvalue weighted by molar-refractivity contribution is 5.87. The van der Waals surface area contributed by atoms with Crippen molar-refractivity contribution in [3.05, 3.63) is 38.5 Å². The van der Waals surface area contributed by atoms with Crippen LogP contribution in [0.4, 0.5) is 5.69 Å². The van der Waals surface area contributed by atoms with Crippen molar-refractivity contribution < 1.29 is 0 Å². The number of rotatable bonds is 2. The molecule has 0 bridgehead atoms. The van der Waals surface area contributed by atoms with E-state index in [0.29, 0.717) is 17.1 Å². The SMILES string of the molecule is Cc1cc2nc3c(=O)[nH]c(=O)[nH]c3nc2cc1N(C)C1CCCC1. The van der Waals surface area contributed by atoms with Gasteiger partial charge in [-0.3, -0.25) is 14.8 Å². The van der Waals surface area contributed by atoms with E-state index in [-0.39, 0.29) is 11.2 Å². The molecule has 124 valence electrons. The summed E-state index contributed by atoms with van der Waals surface area (Å²) in [5.41, 5.74) is 2.83. The highest BCUT2D eigenvalue weighted by Crippen LogP contribution is 2.31. The first-order chi connectivity index (χ1) is 11.5. The molecule has 2 aromatic heterocycles. The lowest BCUT2D eigenvalue weighted by Crippen LogP contribution is -2.29. The molecule has 0 saturated heterocycles. The van der Waals surface area contributed by atoms with Crippen LogP contribution in [0.1, 0.15) is 31.2 Å². The number of aromatic amines is 2. The molecule has 1 saturated carbocycles. The Kier molecular flexibility index (Phi) is 3.37. The van der Waals surface area contributed by atoms with Gasteiger partial charge in [0.1, 0.15) is 0 Å². The highest BCUT2D eigenvalue weighted by Gasteiger charge is 2.21. The zero-order chi connectivity index (χ0) is 16.8. The lowest BCUT2D eigenvalue weighted by molar-refractivity contribution is 0.652. The van der Waals surface area contributed by atoms with Crippen LogP contribution in [0.2, 0.25) is 0 Å². The summed E-state index contributed by atoms with van der Waals surface area (Å²) in [5, 5.41) is 0. The predicted octanol–water partition coefficient (Wildman–Crippen LogP) is 1.85. The minimum atomic E-state index is -0.573. The Morgan fingerprint density at radius 2 is 1.79 bits per heavy atom. The number of benzene rings is 1. The maximum absolute atomic E-state index is 11.9. The zero-order valence-corrected chi connectivity index (χ0v) is 13.7. The van der Waals surface area contributed by atoms with Crippen LogP contribution < -0.4 is 16.1 Å². The van der Waals surface area contributed by atoms with Gasteiger partial charge in [-0.2, -0.15) is 0 Å². The molecule has 0 spiro atoms. The van der Waals surface area contributed by atoms with Gasteiger partial charge >= 0.3 is 5.69 Å². The summed E-state index contributed by atoms with van der Waals surface area (Å²) >= 11 is 0. The molecule has 1 aliphatic rings. The standard InChI is InChI=1S/C17H19N5O2/c1-9-7-11-12(8-13(9)22(2)10-5-3-4-6-10)19-15-14(18-11)16(23)21-17(24)20-15/h7-8,10H,3-6H2,1-2H3,(H2,19,20,21,23,24). The summed E-state index contributed by atoms with van der Waals surface area (Å²) in [6.45, 7) is 2.04. The first-order valence-electron chi connectivity index (χ1n) is 8.20. The van der Waals surface area contributed by atoms with Gasteiger partial charge in [0.2, 0.25) is 0 Å². The number of H-pyrrole nitrogens is 2. The Balaban J connectivity index is 1.91. The van der Waals surface area contributed by atoms with Gasteiger partial charge in [0.05, 0.1) is 11.0 Å². The average molecular weight is 325 g/mol. The van der Waals surface area contributed by atoms with Crippen LogP contribution in [0.5, 0.6) is 0 Å². The third-order valence-corrected chi connectivity index (χ3v) is 4.91. The fraction of sp³-hybridized carbons (Fsp3) is 0.412. The van der Waals surface area contributed by atoms with E-state index < -0.39 is 11.2 Å². The molecule has 0 aliphatic heterocycles. The Bertz CT molecular complexity index is 1050. The van der Waals surface area contributed by atoms with Gasteiger partial charge in [0, 0.05) is 18.8 Å². The van der Waals surface area contributed by atoms with Gasteiger partial charge in [-0.25, -0.2) is 14.8 Å². The van der Waals surface area contributed by atoms with Crippen molar-refractivity contribution in [3.8, 4) is 0 Å². The van der Waals surface area contributed by atoms with Crippen LogP contribution in [0, 0.1) is 6.92 Å². The van der Waals surface area contributed by atoms with Crippen LogP contribution in [0.25, 0.3) is 22.2 Å². The molecule has 0 atom stereocenters. The van der Waals surface area contributed by atoms with Gasteiger partial charge in [0.25, 0.3) is 5.56 Å². The molecular weight excluding hydrogens is 306 g/mol. The van der Waals surface area contributed by atoms with Crippen LogP contribution in [0.3, 0.4) is 0 Å². The summed E-state index contributed by atoms with van der Waals surface area (Å²) in [5.74, 6) is 0. The second-order valence-electron chi connectivity index (χ2n) is 6.51. The first kappa shape index (κ1) is 14.9. The topological polar surface area (TPSA) is 94.7 Å². The van der Waals surface area contributed by atoms with Crippen molar-refractivity contribution in [2.75, 3.05) is 11.9 Å². The second kappa shape index (κ2) is 5.43. The number of nitrogens with one attached hydrogen (secondary N) is 2. The van der Waals surface area contributed by atoms with Gasteiger partial charge in [-0.05, 0) is 37.5 Å². The van der Waals surface area contributed by atoms with Crippen molar-refractivity contribution in [1.82, 2.24) is 19.9 Å². The number of fused-ring (bicyclic) bond motifs is 2. The minimum absolute atomic E-state index is 0.151. The van der Waals surface area contributed by atoms with E-state index in [1.54, 1.807) is 0 Å². The number of anilines is 1. The molecule has 2 N–H and O–H groups in total. The molecule has 1 fully saturated rings. The largest absolute Gasteiger partial charge is 0.371 e. The van der Waals surface area contributed by atoms with Crippen LogP contribution >= 0.6 is 0 Å². The highest BCUT2D eigenvalue weighted by atomic mass is 16.2. The Morgan fingerprint density at radius 3 is 2.54 bits per heavy atom. The van der Waals surface area contributed by atoms with Gasteiger partial charge in [-0.15, -0.1) is 0 Å². The minimum Gasteiger partial charge on any atom is -0.371 e. The molecule has 1 aliphatic carbocycles. The molecule has 7 nitrogen and oxygen atoms in total. The van der Waals surface area contributed by atoms with E-state index in [9.17, 15) is 9.59 Å². The summed E-state index contributed by atoms with van der Waals surface area (Å²) in [6.07, 6.45) is 4.96. The molecule has 0 unspecified atom stereocenters. The summed E-state index contributed by atoms with van der Waals surface area (Å²) in [6, 6.07) is 4.50. The van der Waals surface area contributed by atoms with Crippen molar-refractivity contribution >= 4 is 27.9 Å². The van der Waals surface area contributed by atoms with Gasteiger partial charge in [0.15, 0.2) is 11.2 Å². The molecule has 7 heteroatoms. The molecule has 2 heterocycles. The normalized spacial score (nSPS) is 15.4. The number of aromatic nitrogens is 4. The Labute approximate surface area is 137 Å². The van der Waals surface area contributed by atoms with Crippen LogP contribution in [-0.2, 0) is 0 Å². The molecule has 4 rings (SSSR count). The lowest BCUT2D eigenvalue weighted by Gasteiger charge is -2.28. The molecule has 0 radical (unpaired) electrons. The second-order valence-corrected chi connectivity index (χ2v) is 6.51. The monoisotopic (exact) mass is 325 g/mol. The lowest BCUT2D eigenvalue weighted by atomic mass is 10.1. The Hall–Kier alpha value is -2.70. The predicted molar refractivity (Wildman–Crippen MR) is 93.7 cm³/mol. The maximum atomic E-state index is 11.9. The van der Waals surface area contributed by atoms with E-state index in [1.165, 1.54) is 25.7 Å². The average Bonchev–Trinajstić information content (AvgIpc) is 3.07. The van der Waals surface area contributed by atoms with E-state index in [4.69, 9.17) is 0 Å². The number of hydrogen-bond donors (Lipinski definition) is 2. The van der Waals surface area contributed by atoms with E-state index >= 15 is 0 Å². The third-order valence-electron chi connectivity index (χ3n) is 4.91. The number of aryl methyl sites for hydroxylation is 1. The van der Waals surface area contributed by atoms with E-state index in [2.05, 4.69) is 31.9 Å². The van der Waals surface area contributed by atoms with E-state index in [1.807, 2.05) is 19.1 Å². The van der Waals surface area contributed by atoms with Gasteiger partial charge in [-0.1, -0.05) is 12.8 Å². The first-order valence-corrected chi connectivity index (χ1v) is 8.20. The fourth-order valence-corrected chi connectivity index (χ4v) is 3.61. The molecule has 24 heavy (non-hydrogen) atoms. The Morgan fingerprint density at radius 1 is 1.08 bits per heavy atom. The van der Waals surface area contributed by atoms with Crippen molar-refractivity contribution in [2.24, 2.45) is 0 Å². The van der Waals surface area contributed by atoms with Crippen molar-refractivity contribution in [1.29, 1.82) is 0 Å². The van der Waals surface area contributed by atoms with Crippen molar-refractivity contribution in [2.45, 2.75) is 38.6 Å². The summed E-state index contributed by atoms with van der Waals surface area (Å²) in [4.78, 5) is 39.2. The number of nitrogens with zero attached hydrogens (tertiary/aromatic N) is 3. The van der Waals surface area contributed by atoms with Crippen LogP contribution in [-0.4, -0.2) is 33.0 Å². The zero-order valence-electron chi connectivity index (χ0n) is 13.7. The van der Waals surface area contributed by atoms with Crippen LogP contribution in [0.15, 0.2) is 21.7 Å². The molecule has 0 amide bonds. The van der Waals surface area contributed by atoms with Gasteiger partial charge < -0.3 is 4.90 Å². The number of hydrogen-bond acceptors (Lipinski definition) is 5. The van der Waals surface area contributed by atoms with Crippen molar-refractivity contribution in [3.63, 3.8) is 0 Å². The van der Waals surface area contributed by atoms with E-state index in [0.717, 1.165) is 11.3 Å². The summed E-state index contributed by atoms with van der Waals surface area (Å²) < 4.78 is 0. The quantitative estimate of drug-likeness (QED) is 0.701. The molecule has 1 aromatic carbocycles.